The first-order chi connectivity index (χ1) is 11.6. The molecule has 1 aromatic heterocycles. The van der Waals surface area contributed by atoms with Crippen molar-refractivity contribution in [3.8, 4) is 11.3 Å². The van der Waals surface area contributed by atoms with Gasteiger partial charge in [0.2, 0.25) is 0 Å². The van der Waals surface area contributed by atoms with E-state index in [1.165, 1.54) is 5.56 Å². The number of nitrogens with zero attached hydrogens (tertiary/aromatic N) is 1. The lowest BCUT2D eigenvalue weighted by atomic mass is 10.1. The van der Waals surface area contributed by atoms with Crippen LogP contribution >= 0.6 is 11.6 Å². The molecule has 0 spiro atoms. The van der Waals surface area contributed by atoms with E-state index >= 15 is 0 Å². The highest BCUT2D eigenvalue weighted by molar-refractivity contribution is 6.30. The number of rotatable bonds is 2. The van der Waals surface area contributed by atoms with Gasteiger partial charge in [-0.2, -0.15) is 5.10 Å². The first kappa shape index (κ1) is 14.9. The van der Waals surface area contributed by atoms with E-state index in [2.05, 4.69) is 16.3 Å². The molecule has 24 heavy (non-hydrogen) atoms. The van der Waals surface area contributed by atoms with Crippen LogP contribution in [0.15, 0.2) is 54.1 Å². The fraction of sp³-hybridized carbons (Fsp3) is 0.100. The lowest BCUT2D eigenvalue weighted by Gasteiger charge is -1.96. The average molecular weight is 335 g/mol. The molecule has 0 saturated heterocycles. The maximum Gasteiger partial charge on any atom is 0.189 e. The van der Waals surface area contributed by atoms with Crippen molar-refractivity contribution in [1.29, 1.82) is 0 Å². The van der Waals surface area contributed by atoms with Gasteiger partial charge in [-0.05, 0) is 36.8 Å². The number of aromatic amines is 1. The van der Waals surface area contributed by atoms with Crippen LogP contribution < -0.4 is 0 Å². The molecule has 4 heteroatoms. The second-order valence-electron chi connectivity index (χ2n) is 6.05. The van der Waals surface area contributed by atoms with Gasteiger partial charge in [0, 0.05) is 28.1 Å². The van der Waals surface area contributed by atoms with Crippen LogP contribution in [0.1, 0.15) is 27.2 Å². The predicted octanol–water partition coefficient (Wildman–Crippen LogP) is 4.86. The molecule has 3 aromatic rings. The van der Waals surface area contributed by atoms with Crippen LogP contribution in [0.2, 0.25) is 5.02 Å². The van der Waals surface area contributed by atoms with Gasteiger partial charge < -0.3 is 0 Å². The van der Waals surface area contributed by atoms with Gasteiger partial charge in [0.15, 0.2) is 5.78 Å². The van der Waals surface area contributed by atoms with Gasteiger partial charge in [-0.25, -0.2) is 0 Å². The van der Waals surface area contributed by atoms with Crippen LogP contribution in [0.4, 0.5) is 0 Å². The van der Waals surface area contributed by atoms with Gasteiger partial charge in [0.1, 0.15) is 0 Å². The van der Waals surface area contributed by atoms with Crippen molar-refractivity contribution in [3.63, 3.8) is 0 Å². The Hall–Kier alpha value is -2.65. The van der Waals surface area contributed by atoms with Gasteiger partial charge in [-0.3, -0.25) is 9.89 Å². The minimum atomic E-state index is 0.104. The summed E-state index contributed by atoms with van der Waals surface area (Å²) in [6.07, 6.45) is 2.56. The quantitative estimate of drug-likeness (QED) is 0.680. The number of Topliss-reactive ketones (excluding diaryl/α,β-unsaturated/α-hetero) is 1. The number of ketones is 1. The predicted molar refractivity (Wildman–Crippen MR) is 96.2 cm³/mol. The van der Waals surface area contributed by atoms with E-state index in [1.807, 2.05) is 55.5 Å². The molecule has 1 heterocycles. The number of carbonyl (C=O) groups excluding carboxylic acids is 1. The monoisotopic (exact) mass is 334 g/mol. The van der Waals surface area contributed by atoms with Crippen molar-refractivity contribution in [2.75, 3.05) is 0 Å². The molecular weight excluding hydrogens is 320 g/mol. The SMILES string of the molecule is Cc1ccc2c(c1)C/C(=C\c1cc(-c3ccc(Cl)cc3)n[nH]1)C2=O. The second kappa shape index (κ2) is 5.77. The van der Waals surface area contributed by atoms with Crippen molar-refractivity contribution in [1.82, 2.24) is 10.2 Å². The summed E-state index contributed by atoms with van der Waals surface area (Å²) in [5.74, 6) is 0.104. The number of H-pyrrole nitrogens is 1. The van der Waals surface area contributed by atoms with Crippen molar-refractivity contribution in [3.05, 3.63) is 81.5 Å². The molecule has 0 saturated carbocycles. The Balaban J connectivity index is 1.63. The Kier molecular flexibility index (Phi) is 3.58. The first-order valence-electron chi connectivity index (χ1n) is 7.76. The maximum atomic E-state index is 12.5. The van der Waals surface area contributed by atoms with E-state index in [1.54, 1.807) is 0 Å². The van der Waals surface area contributed by atoms with Crippen LogP contribution in [0, 0.1) is 6.92 Å². The number of aryl methyl sites for hydroxylation is 1. The highest BCUT2D eigenvalue weighted by Crippen LogP contribution is 2.29. The molecule has 0 amide bonds. The van der Waals surface area contributed by atoms with E-state index in [-0.39, 0.29) is 5.78 Å². The zero-order chi connectivity index (χ0) is 16.7. The Morgan fingerprint density at radius 2 is 1.92 bits per heavy atom. The number of hydrogen-bond acceptors (Lipinski definition) is 2. The summed E-state index contributed by atoms with van der Waals surface area (Å²) in [4.78, 5) is 12.5. The molecule has 118 valence electrons. The lowest BCUT2D eigenvalue weighted by molar-refractivity contribution is 0.104. The minimum absolute atomic E-state index is 0.104. The third-order valence-electron chi connectivity index (χ3n) is 4.25. The molecule has 0 unspecified atom stereocenters. The standard InChI is InChI=1S/C20H15ClN2O/c1-12-2-7-18-14(8-12)9-15(20(18)24)10-17-11-19(23-22-17)13-3-5-16(21)6-4-13/h2-8,10-11H,9H2,1H3,(H,22,23)/b15-10+. The molecule has 0 atom stereocenters. The molecule has 4 rings (SSSR count). The van der Waals surface area contributed by atoms with Gasteiger partial charge in [-0.15, -0.1) is 0 Å². The molecule has 0 aliphatic heterocycles. The molecule has 2 aromatic carbocycles. The number of halogens is 1. The molecule has 1 aliphatic rings. The van der Waals surface area contributed by atoms with Crippen LogP contribution in [0.25, 0.3) is 17.3 Å². The highest BCUT2D eigenvalue weighted by Gasteiger charge is 2.24. The summed E-state index contributed by atoms with van der Waals surface area (Å²) in [5, 5.41) is 8.01. The Morgan fingerprint density at radius 3 is 2.71 bits per heavy atom. The topological polar surface area (TPSA) is 45.8 Å². The van der Waals surface area contributed by atoms with Crippen molar-refractivity contribution in [2.45, 2.75) is 13.3 Å². The van der Waals surface area contributed by atoms with Gasteiger partial charge >= 0.3 is 0 Å². The van der Waals surface area contributed by atoms with E-state index in [0.717, 1.165) is 33.7 Å². The number of hydrogen-bond donors (Lipinski definition) is 1. The normalized spacial score (nSPS) is 15.1. The fourth-order valence-electron chi connectivity index (χ4n) is 3.03. The summed E-state index contributed by atoms with van der Waals surface area (Å²) < 4.78 is 0. The maximum absolute atomic E-state index is 12.5. The summed E-state index contributed by atoms with van der Waals surface area (Å²) in [6, 6.07) is 15.4. The summed E-state index contributed by atoms with van der Waals surface area (Å²) in [7, 11) is 0. The minimum Gasteiger partial charge on any atom is -0.289 e. The van der Waals surface area contributed by atoms with E-state index in [4.69, 9.17) is 11.6 Å². The number of benzene rings is 2. The number of aromatic nitrogens is 2. The van der Waals surface area contributed by atoms with Crippen LogP contribution in [0.5, 0.6) is 0 Å². The first-order valence-corrected chi connectivity index (χ1v) is 8.14. The zero-order valence-electron chi connectivity index (χ0n) is 13.1. The van der Waals surface area contributed by atoms with Crippen LogP contribution in [-0.2, 0) is 6.42 Å². The van der Waals surface area contributed by atoms with Crippen molar-refractivity contribution >= 4 is 23.5 Å². The average Bonchev–Trinajstić information content (AvgIpc) is 3.14. The molecule has 1 aliphatic carbocycles. The lowest BCUT2D eigenvalue weighted by Crippen LogP contribution is -1.95. The number of nitrogens with one attached hydrogen (secondary N) is 1. The fourth-order valence-corrected chi connectivity index (χ4v) is 3.16. The molecule has 1 N–H and O–H groups in total. The summed E-state index contributed by atoms with van der Waals surface area (Å²) >= 11 is 5.91. The molecule has 0 bridgehead atoms. The van der Waals surface area contributed by atoms with E-state index < -0.39 is 0 Å². The Bertz CT molecular complexity index is 968. The number of allylic oxidation sites excluding steroid dienone is 1. The van der Waals surface area contributed by atoms with Gasteiger partial charge in [0.05, 0.1) is 11.4 Å². The zero-order valence-corrected chi connectivity index (χ0v) is 13.9. The van der Waals surface area contributed by atoms with Crippen LogP contribution in [0.3, 0.4) is 0 Å². The highest BCUT2D eigenvalue weighted by atomic mass is 35.5. The van der Waals surface area contributed by atoms with Crippen LogP contribution in [-0.4, -0.2) is 16.0 Å². The molecule has 0 radical (unpaired) electrons. The van der Waals surface area contributed by atoms with Gasteiger partial charge in [0.25, 0.3) is 0 Å². The van der Waals surface area contributed by atoms with E-state index in [0.29, 0.717) is 11.4 Å². The van der Waals surface area contributed by atoms with Gasteiger partial charge in [-0.1, -0.05) is 47.5 Å². The molecular formula is C20H15ClN2O. The Labute approximate surface area is 145 Å². The Morgan fingerprint density at radius 1 is 1.12 bits per heavy atom. The number of fused-ring (bicyclic) bond motifs is 1. The summed E-state index contributed by atoms with van der Waals surface area (Å²) in [5.41, 5.74) is 6.52. The smallest absolute Gasteiger partial charge is 0.189 e. The van der Waals surface area contributed by atoms with Crippen molar-refractivity contribution in [2.24, 2.45) is 0 Å². The number of carbonyl (C=O) groups is 1. The third kappa shape index (κ3) is 2.68. The summed E-state index contributed by atoms with van der Waals surface area (Å²) in [6.45, 7) is 2.04. The third-order valence-corrected chi connectivity index (χ3v) is 4.50. The molecule has 3 nitrogen and oxygen atoms in total. The molecule has 0 fully saturated rings. The largest absolute Gasteiger partial charge is 0.289 e. The second-order valence-corrected chi connectivity index (χ2v) is 6.49. The van der Waals surface area contributed by atoms with Crippen molar-refractivity contribution < 1.29 is 4.79 Å². The van der Waals surface area contributed by atoms with E-state index in [9.17, 15) is 4.79 Å².